The molecule has 382 valence electrons. The van der Waals surface area contributed by atoms with Crippen LogP contribution < -0.4 is 0 Å². The van der Waals surface area contributed by atoms with Crippen molar-refractivity contribution < 1.29 is 58.3 Å². The molecule has 1 saturated carbocycles. The molecule has 0 aromatic rings. The van der Waals surface area contributed by atoms with E-state index in [4.69, 9.17) is 18.5 Å². The van der Waals surface area contributed by atoms with Gasteiger partial charge in [-0.3, -0.25) is 13.8 Å². The molecule has 1 fully saturated rings. The van der Waals surface area contributed by atoms with Crippen molar-refractivity contribution in [3.63, 3.8) is 0 Å². The van der Waals surface area contributed by atoms with Crippen LogP contribution in [0.25, 0.3) is 0 Å². The van der Waals surface area contributed by atoms with Crippen LogP contribution in [-0.2, 0) is 27.9 Å². The summed E-state index contributed by atoms with van der Waals surface area (Å²) in [7, 11) is -5.03. The lowest BCUT2D eigenvalue weighted by molar-refractivity contribution is -0.220. The normalized spacial score (nSPS) is 22.0. The van der Waals surface area contributed by atoms with E-state index < -0.39 is 63.1 Å². The van der Waals surface area contributed by atoms with E-state index in [0.29, 0.717) is 13.0 Å². The van der Waals surface area contributed by atoms with Gasteiger partial charge in [0.2, 0.25) is 0 Å². The number of hydrogen-bond acceptors (Lipinski definition) is 11. The van der Waals surface area contributed by atoms with Crippen LogP contribution in [0, 0.1) is 0 Å². The van der Waals surface area contributed by atoms with E-state index in [1.165, 1.54) is 83.5 Å². The average Bonchev–Trinajstić information content (AvgIpc) is 3.30. The van der Waals surface area contributed by atoms with E-state index in [2.05, 4.69) is 86.8 Å². The molecule has 0 heterocycles. The summed E-state index contributed by atoms with van der Waals surface area (Å²) in [6.07, 6.45) is 43.9. The first-order chi connectivity index (χ1) is 32.0. The van der Waals surface area contributed by atoms with Crippen LogP contribution in [0.2, 0.25) is 0 Å². The Kier molecular flexibility index (Phi) is 40.1. The molecule has 6 unspecified atom stereocenters. The van der Waals surface area contributed by atoms with E-state index in [-0.39, 0.29) is 13.0 Å². The van der Waals surface area contributed by atoms with Gasteiger partial charge in [0.15, 0.2) is 0 Å². The van der Waals surface area contributed by atoms with Crippen LogP contribution >= 0.6 is 7.82 Å². The Bertz CT molecular complexity index is 1360. The molecule has 0 saturated heterocycles. The summed E-state index contributed by atoms with van der Waals surface area (Å²) >= 11 is 0. The van der Waals surface area contributed by atoms with Gasteiger partial charge in [0.1, 0.15) is 42.7 Å². The summed E-state index contributed by atoms with van der Waals surface area (Å²) in [5, 5.41) is 50.3. The van der Waals surface area contributed by atoms with E-state index in [0.717, 1.165) is 83.5 Å². The number of rotatable bonds is 43. The lowest BCUT2D eigenvalue weighted by Gasteiger charge is -2.41. The maximum absolute atomic E-state index is 12.9. The van der Waals surface area contributed by atoms with Crippen LogP contribution in [0.5, 0.6) is 0 Å². The lowest BCUT2D eigenvalue weighted by atomic mass is 9.85. The van der Waals surface area contributed by atoms with Gasteiger partial charge in [0.05, 0.1) is 13.2 Å². The van der Waals surface area contributed by atoms with Gasteiger partial charge in [-0.25, -0.2) is 4.57 Å². The molecule has 0 amide bonds. The first kappa shape index (κ1) is 61.8. The Morgan fingerprint density at radius 2 is 0.894 bits per heavy atom. The molecule has 1 rings (SSSR count). The zero-order valence-corrected chi connectivity index (χ0v) is 41.9. The van der Waals surface area contributed by atoms with Gasteiger partial charge in [-0.05, 0) is 64.2 Å². The molecule has 0 aromatic heterocycles. The smallest absolute Gasteiger partial charge is 0.457 e. The fraction of sp³-hybridized carbons (Fsp3) is 0.755. The summed E-state index contributed by atoms with van der Waals surface area (Å²) in [4.78, 5) is 23.2. The van der Waals surface area contributed by atoms with Crippen LogP contribution in [0.4, 0.5) is 0 Å². The molecule has 0 radical (unpaired) electrons. The molecule has 0 aromatic carbocycles. The van der Waals surface area contributed by atoms with E-state index in [1.54, 1.807) is 0 Å². The number of carbonyl (C=O) groups excluding carboxylic acids is 1. The summed E-state index contributed by atoms with van der Waals surface area (Å²) in [6, 6.07) is 0. The van der Waals surface area contributed by atoms with Gasteiger partial charge in [-0.2, -0.15) is 0 Å². The van der Waals surface area contributed by atoms with Crippen LogP contribution in [-0.4, -0.2) is 98.9 Å². The quantitative estimate of drug-likeness (QED) is 0.0147. The minimum Gasteiger partial charge on any atom is -0.457 e. The molecule has 12 nitrogen and oxygen atoms in total. The average molecular weight is 953 g/mol. The number of carbonyl (C=O) groups is 1. The van der Waals surface area contributed by atoms with Crippen LogP contribution in [0.1, 0.15) is 194 Å². The summed E-state index contributed by atoms with van der Waals surface area (Å²) in [5.41, 5.74) is 0. The molecule has 6 N–H and O–H groups in total. The predicted molar refractivity (Wildman–Crippen MR) is 267 cm³/mol. The second-order valence-electron chi connectivity index (χ2n) is 17.6. The fourth-order valence-electron chi connectivity index (χ4n) is 7.54. The van der Waals surface area contributed by atoms with Crippen molar-refractivity contribution >= 4 is 13.8 Å². The molecule has 0 bridgehead atoms. The highest BCUT2D eigenvalue weighted by atomic mass is 31.2. The number of hydrogen-bond donors (Lipinski definition) is 6. The van der Waals surface area contributed by atoms with Crippen molar-refractivity contribution in [2.24, 2.45) is 0 Å². The minimum atomic E-state index is -5.03. The van der Waals surface area contributed by atoms with Gasteiger partial charge >= 0.3 is 13.8 Å². The maximum Gasteiger partial charge on any atom is 0.472 e. The summed E-state index contributed by atoms with van der Waals surface area (Å²) in [6.45, 7) is 4.08. The molecule has 1 aliphatic rings. The van der Waals surface area contributed by atoms with Crippen molar-refractivity contribution in [1.29, 1.82) is 0 Å². The zero-order chi connectivity index (χ0) is 48.4. The standard InChI is InChI=1S/C53H93O12P/c1-3-5-7-9-11-13-15-17-19-21-22-23-24-25-27-29-31-33-35-37-39-41-43-62-44-46(45-63-66(60,61)65-53-51(58)49(56)48(55)50(57)52(53)59)64-47(54)42-40-38-36-34-32-30-28-26-20-18-16-14-12-10-8-6-4-2/h5,7,11,13,17,19,22-23,25,27,31,33,46,48-53,55-59H,3-4,6,8-10,12,14-16,18,20-21,24,26,28-30,32,34-45H2,1-2H3,(H,60,61)/b7-5-,13-11-,19-17-,23-22-,27-25-,33-31-. The highest BCUT2D eigenvalue weighted by Gasteiger charge is 2.51. The summed E-state index contributed by atoms with van der Waals surface area (Å²) < 4.78 is 34.3. The first-order valence-electron chi connectivity index (χ1n) is 25.8. The number of unbranched alkanes of at least 4 members (excludes halogenated alkanes) is 19. The number of ether oxygens (including phenoxy) is 2. The van der Waals surface area contributed by atoms with Gasteiger partial charge in [0.25, 0.3) is 0 Å². The Balaban J connectivity index is 2.38. The Morgan fingerprint density at radius 3 is 1.35 bits per heavy atom. The third-order valence-electron chi connectivity index (χ3n) is 11.6. The van der Waals surface area contributed by atoms with Gasteiger partial charge in [-0.15, -0.1) is 0 Å². The molecule has 0 spiro atoms. The third kappa shape index (κ3) is 34.1. The highest BCUT2D eigenvalue weighted by molar-refractivity contribution is 7.47. The highest BCUT2D eigenvalue weighted by Crippen LogP contribution is 2.47. The third-order valence-corrected chi connectivity index (χ3v) is 12.6. The van der Waals surface area contributed by atoms with Crippen molar-refractivity contribution in [3.8, 4) is 0 Å². The van der Waals surface area contributed by atoms with Crippen molar-refractivity contribution in [3.05, 3.63) is 72.9 Å². The first-order valence-corrected chi connectivity index (χ1v) is 27.3. The van der Waals surface area contributed by atoms with E-state index >= 15 is 0 Å². The Hall–Kier alpha value is -2.22. The number of esters is 1. The molecular formula is C53H93O12P. The maximum atomic E-state index is 12.9. The largest absolute Gasteiger partial charge is 0.472 e. The second kappa shape index (κ2) is 42.8. The van der Waals surface area contributed by atoms with Crippen molar-refractivity contribution in [1.82, 2.24) is 0 Å². The SMILES string of the molecule is CC/C=C\C/C=C\C/C=C\C/C=C\C/C=C\C/C=C\CCCCCOCC(COP(=O)(O)OC1C(O)C(O)C(O)C(O)C1O)OC(=O)CCCCCCCCCCCCCCCCCCC. The fourth-order valence-corrected chi connectivity index (χ4v) is 8.51. The van der Waals surface area contributed by atoms with Crippen LogP contribution in [0.3, 0.4) is 0 Å². The zero-order valence-electron chi connectivity index (χ0n) is 41.0. The van der Waals surface area contributed by atoms with Crippen LogP contribution in [0.15, 0.2) is 72.9 Å². The van der Waals surface area contributed by atoms with Crippen molar-refractivity contribution in [2.45, 2.75) is 236 Å². The van der Waals surface area contributed by atoms with Crippen molar-refractivity contribution in [2.75, 3.05) is 19.8 Å². The molecule has 13 heteroatoms. The number of allylic oxidation sites excluding steroid dienone is 12. The van der Waals surface area contributed by atoms with Gasteiger partial charge in [-0.1, -0.05) is 196 Å². The molecule has 6 atom stereocenters. The van der Waals surface area contributed by atoms with E-state index in [9.17, 15) is 39.8 Å². The second-order valence-corrected chi connectivity index (χ2v) is 19.1. The molecule has 66 heavy (non-hydrogen) atoms. The van der Waals surface area contributed by atoms with Gasteiger partial charge in [0, 0.05) is 13.0 Å². The molecule has 0 aliphatic heterocycles. The Morgan fingerprint density at radius 1 is 0.500 bits per heavy atom. The topological polar surface area (TPSA) is 192 Å². The van der Waals surface area contributed by atoms with Gasteiger partial charge < -0.3 is 39.9 Å². The lowest BCUT2D eigenvalue weighted by Crippen LogP contribution is -2.64. The number of aliphatic hydroxyl groups is 5. The Labute approximate surface area is 400 Å². The molecule has 1 aliphatic carbocycles. The minimum absolute atomic E-state index is 0.101. The summed E-state index contributed by atoms with van der Waals surface area (Å²) in [5.74, 6) is -0.489. The monoisotopic (exact) mass is 953 g/mol. The molecular weight excluding hydrogens is 860 g/mol. The number of aliphatic hydroxyl groups excluding tert-OH is 5. The number of phosphoric ester groups is 1. The van der Waals surface area contributed by atoms with E-state index in [1.807, 2.05) is 0 Å². The predicted octanol–water partition coefficient (Wildman–Crippen LogP) is 11.5. The number of phosphoric acid groups is 1.